The minimum atomic E-state index is -0.558. The summed E-state index contributed by atoms with van der Waals surface area (Å²) in [5, 5.41) is 8.44. The van der Waals surface area contributed by atoms with Gasteiger partial charge in [-0.15, -0.1) is 0 Å². The molecule has 1 unspecified atom stereocenters. The number of carbonyl (C=O) groups is 1. The Balaban J connectivity index is 4.08. The fourth-order valence-electron chi connectivity index (χ4n) is 0.581. The molecule has 0 aromatic rings. The molecule has 0 bridgehead atoms. The van der Waals surface area contributed by atoms with Gasteiger partial charge in [0, 0.05) is 0 Å². The monoisotopic (exact) mass is 145 g/mol. The van der Waals surface area contributed by atoms with Crippen LogP contribution in [-0.4, -0.2) is 23.5 Å². The van der Waals surface area contributed by atoms with Gasteiger partial charge in [0.25, 0.3) is 0 Å². The van der Waals surface area contributed by atoms with Crippen molar-refractivity contribution in [3.05, 3.63) is 0 Å². The number of aliphatic hydroxyl groups is 1. The Morgan fingerprint density at radius 2 is 2.00 bits per heavy atom. The average Bonchev–Trinajstić information content (AvgIpc) is 1.83. The lowest BCUT2D eigenvalue weighted by molar-refractivity contribution is -0.125. The van der Waals surface area contributed by atoms with E-state index in [4.69, 9.17) is 10.8 Å². The molecule has 0 rings (SSSR count). The largest absolute Gasteiger partial charge is 0.389 e. The minimum absolute atomic E-state index is 0.250. The highest BCUT2D eigenvalue weighted by Gasteiger charge is 2.26. The zero-order chi connectivity index (χ0) is 8.36. The molecule has 10 heavy (non-hydrogen) atoms. The van der Waals surface area contributed by atoms with Crippen LogP contribution in [0.5, 0.6) is 0 Å². The summed E-state index contributed by atoms with van der Waals surface area (Å²) in [5.74, 6) is -0.299. The molecule has 3 N–H and O–H groups in total. The molecule has 60 valence electrons. The molecule has 3 heteroatoms. The smallest absolute Gasteiger partial charge is 0.175 e. The lowest BCUT2D eigenvalue weighted by Crippen LogP contribution is -2.43. The van der Waals surface area contributed by atoms with E-state index in [0.29, 0.717) is 0 Å². The summed E-state index contributed by atoms with van der Waals surface area (Å²) in [6.07, 6.45) is 0. The van der Waals surface area contributed by atoms with E-state index in [-0.39, 0.29) is 11.2 Å². The average molecular weight is 145 g/mol. The van der Waals surface area contributed by atoms with Gasteiger partial charge in [0.15, 0.2) is 5.78 Å². The molecule has 3 nitrogen and oxygen atoms in total. The molecule has 0 aromatic carbocycles. The van der Waals surface area contributed by atoms with Crippen LogP contribution in [0.1, 0.15) is 20.8 Å². The van der Waals surface area contributed by atoms with Gasteiger partial charge in [-0.2, -0.15) is 0 Å². The quantitative estimate of drug-likeness (QED) is 0.571. The summed E-state index contributed by atoms with van der Waals surface area (Å²) < 4.78 is 0. The van der Waals surface area contributed by atoms with Crippen molar-refractivity contribution in [1.82, 2.24) is 0 Å². The van der Waals surface area contributed by atoms with Gasteiger partial charge < -0.3 is 10.8 Å². The zero-order valence-corrected chi connectivity index (χ0v) is 6.72. The zero-order valence-electron chi connectivity index (χ0n) is 6.72. The summed E-state index contributed by atoms with van der Waals surface area (Å²) in [6, 6.07) is -0.558. The van der Waals surface area contributed by atoms with Crippen molar-refractivity contribution >= 4 is 5.78 Å². The lowest BCUT2D eigenvalue weighted by atomic mass is 9.85. The van der Waals surface area contributed by atoms with E-state index < -0.39 is 12.6 Å². The fourth-order valence-corrected chi connectivity index (χ4v) is 0.581. The standard InChI is InChI=1S/C7H15NO2/c1-7(2,3)6(8)5(10)4-9/h6,9H,4,8H2,1-3H3. The van der Waals surface area contributed by atoms with Crippen LogP contribution in [0.25, 0.3) is 0 Å². The van der Waals surface area contributed by atoms with Gasteiger partial charge in [-0.1, -0.05) is 20.8 Å². The Hall–Kier alpha value is -0.410. The molecule has 0 fully saturated rings. The molecular formula is C7H15NO2. The molecule has 0 saturated carbocycles. The SMILES string of the molecule is CC(C)(C)C(N)C(=O)CO. The second-order valence-corrected chi connectivity index (χ2v) is 3.47. The van der Waals surface area contributed by atoms with Gasteiger partial charge in [-0.05, 0) is 5.41 Å². The number of Topliss-reactive ketones (excluding diaryl/α,β-unsaturated/α-hetero) is 1. The van der Waals surface area contributed by atoms with E-state index in [1.165, 1.54) is 0 Å². The van der Waals surface area contributed by atoms with E-state index >= 15 is 0 Å². The first-order chi connectivity index (χ1) is 4.39. The highest BCUT2D eigenvalue weighted by molar-refractivity contribution is 5.85. The topological polar surface area (TPSA) is 63.3 Å². The van der Waals surface area contributed by atoms with Crippen LogP contribution in [0.15, 0.2) is 0 Å². The van der Waals surface area contributed by atoms with Crippen molar-refractivity contribution in [2.75, 3.05) is 6.61 Å². The molecular weight excluding hydrogens is 130 g/mol. The van der Waals surface area contributed by atoms with Crippen LogP contribution in [0.3, 0.4) is 0 Å². The van der Waals surface area contributed by atoms with Crippen molar-refractivity contribution in [2.24, 2.45) is 11.1 Å². The van der Waals surface area contributed by atoms with E-state index in [1.807, 2.05) is 20.8 Å². The third-order valence-corrected chi connectivity index (χ3v) is 1.44. The minimum Gasteiger partial charge on any atom is -0.389 e. The van der Waals surface area contributed by atoms with Gasteiger partial charge in [0.1, 0.15) is 6.61 Å². The summed E-state index contributed by atoms with van der Waals surface area (Å²) in [5.41, 5.74) is 5.25. The van der Waals surface area contributed by atoms with E-state index in [1.54, 1.807) is 0 Å². The normalized spacial score (nSPS) is 14.9. The summed E-state index contributed by atoms with van der Waals surface area (Å²) >= 11 is 0. The molecule has 0 aliphatic rings. The van der Waals surface area contributed by atoms with Crippen molar-refractivity contribution in [3.8, 4) is 0 Å². The van der Waals surface area contributed by atoms with Crippen molar-refractivity contribution < 1.29 is 9.90 Å². The Morgan fingerprint density at radius 3 is 2.10 bits per heavy atom. The maximum atomic E-state index is 10.8. The van der Waals surface area contributed by atoms with E-state index in [0.717, 1.165) is 0 Å². The first-order valence-corrected chi connectivity index (χ1v) is 3.28. The Morgan fingerprint density at radius 1 is 1.60 bits per heavy atom. The van der Waals surface area contributed by atoms with E-state index in [2.05, 4.69) is 0 Å². The summed E-state index contributed by atoms with van der Waals surface area (Å²) in [6.45, 7) is 5.14. The van der Waals surface area contributed by atoms with Gasteiger partial charge in [0.2, 0.25) is 0 Å². The summed E-state index contributed by atoms with van der Waals surface area (Å²) in [4.78, 5) is 10.8. The maximum Gasteiger partial charge on any atom is 0.175 e. The Bertz CT molecular complexity index is 126. The van der Waals surface area contributed by atoms with Crippen LogP contribution >= 0.6 is 0 Å². The van der Waals surface area contributed by atoms with Crippen molar-refractivity contribution in [1.29, 1.82) is 0 Å². The first-order valence-electron chi connectivity index (χ1n) is 3.28. The van der Waals surface area contributed by atoms with Crippen LogP contribution in [0, 0.1) is 5.41 Å². The number of aliphatic hydroxyl groups excluding tert-OH is 1. The highest BCUT2D eigenvalue weighted by Crippen LogP contribution is 2.17. The first kappa shape index (κ1) is 9.59. The maximum absolute atomic E-state index is 10.8. The number of hydrogen-bond acceptors (Lipinski definition) is 3. The third kappa shape index (κ3) is 2.45. The number of ketones is 1. The number of carbonyl (C=O) groups excluding carboxylic acids is 1. The summed E-state index contributed by atoms with van der Waals surface area (Å²) in [7, 11) is 0. The lowest BCUT2D eigenvalue weighted by Gasteiger charge is -2.24. The highest BCUT2D eigenvalue weighted by atomic mass is 16.3. The van der Waals surface area contributed by atoms with Crippen LogP contribution in [0.4, 0.5) is 0 Å². The molecule has 0 aliphatic carbocycles. The van der Waals surface area contributed by atoms with Crippen LogP contribution < -0.4 is 5.73 Å². The van der Waals surface area contributed by atoms with Crippen molar-refractivity contribution in [3.63, 3.8) is 0 Å². The van der Waals surface area contributed by atoms with Crippen molar-refractivity contribution in [2.45, 2.75) is 26.8 Å². The predicted molar refractivity (Wildman–Crippen MR) is 39.5 cm³/mol. The Labute approximate surface area is 61.2 Å². The molecule has 0 heterocycles. The number of nitrogens with two attached hydrogens (primary N) is 1. The molecule has 0 spiro atoms. The predicted octanol–water partition coefficient (Wildman–Crippen LogP) is -0.0788. The molecule has 0 radical (unpaired) electrons. The molecule has 1 atom stereocenters. The van der Waals surface area contributed by atoms with E-state index in [9.17, 15) is 4.79 Å². The second-order valence-electron chi connectivity index (χ2n) is 3.47. The van der Waals surface area contributed by atoms with Gasteiger partial charge in [-0.3, -0.25) is 4.79 Å². The number of hydrogen-bond donors (Lipinski definition) is 2. The Kier molecular flexibility index (Phi) is 2.99. The van der Waals surface area contributed by atoms with Gasteiger partial charge in [-0.25, -0.2) is 0 Å². The second kappa shape index (κ2) is 3.12. The van der Waals surface area contributed by atoms with Gasteiger partial charge in [0.05, 0.1) is 6.04 Å². The molecule has 0 saturated heterocycles. The molecule has 0 aromatic heterocycles. The number of rotatable bonds is 2. The van der Waals surface area contributed by atoms with Crippen LogP contribution in [0.2, 0.25) is 0 Å². The molecule has 0 amide bonds. The fraction of sp³-hybridized carbons (Fsp3) is 0.857. The third-order valence-electron chi connectivity index (χ3n) is 1.44. The van der Waals surface area contributed by atoms with Crippen LogP contribution in [-0.2, 0) is 4.79 Å². The van der Waals surface area contributed by atoms with Gasteiger partial charge >= 0.3 is 0 Å². The molecule has 0 aliphatic heterocycles.